The minimum atomic E-state index is -1.07. The highest BCUT2D eigenvalue weighted by molar-refractivity contribution is 5.99. The number of H-pyrrole nitrogens is 1. The van der Waals surface area contributed by atoms with E-state index in [9.17, 15) is 19.2 Å². The smallest absolute Gasteiger partial charge is 0.408 e. The third kappa shape index (κ3) is 7.28. The van der Waals surface area contributed by atoms with Gasteiger partial charge in [0.15, 0.2) is 5.78 Å². The molecule has 3 aromatic carbocycles. The highest BCUT2D eigenvalue weighted by Gasteiger charge is 2.50. The quantitative estimate of drug-likeness (QED) is 0.188. The maximum absolute atomic E-state index is 13.8. The van der Waals surface area contributed by atoms with Crippen molar-refractivity contribution in [2.24, 2.45) is 0 Å². The summed E-state index contributed by atoms with van der Waals surface area (Å²) in [5.74, 6) is -1.42. The van der Waals surface area contributed by atoms with Gasteiger partial charge in [0.2, 0.25) is 11.8 Å². The molecule has 1 saturated heterocycles. The molecule has 10 nitrogen and oxygen atoms in total. The SMILES string of the molecule is C[C@H](NC(=O)OCc1ccccc1)C(=O)N[C@@H](Cc1c[nH]c2ccccc12)C(=O)N[C@H](C(=O)[C@]1(C)CO1)c1ccccc1. The molecule has 5 rings (SSSR count). The fraction of sp³-hybridized carbons (Fsp3) is 0.273. The maximum Gasteiger partial charge on any atom is 0.408 e. The van der Waals surface area contributed by atoms with Gasteiger partial charge in [-0.05, 0) is 36.6 Å². The van der Waals surface area contributed by atoms with E-state index in [4.69, 9.17) is 9.47 Å². The van der Waals surface area contributed by atoms with Gasteiger partial charge in [-0.1, -0.05) is 78.9 Å². The monoisotopic (exact) mass is 582 g/mol. The zero-order valence-electron chi connectivity index (χ0n) is 24.0. The Morgan fingerprint density at radius 2 is 1.53 bits per heavy atom. The van der Waals surface area contributed by atoms with Crippen molar-refractivity contribution in [3.63, 3.8) is 0 Å². The standard InChI is InChI=1S/C33H34N4O6/c1-21(35-32(41)42-19-22-11-5-3-6-12-22)30(39)36-27(17-24-18-34-26-16-10-9-15-25(24)26)31(40)37-28(23-13-7-4-8-14-23)29(38)33(2)20-43-33/h3-16,18,21,27-28,34H,17,19-20H2,1-2H3,(H,35,41)(H,36,39)(H,37,40)/t21-,27-,28-,33-/m0/s1. The molecule has 1 aliphatic rings. The number of fused-ring (bicyclic) bond motifs is 1. The summed E-state index contributed by atoms with van der Waals surface area (Å²) in [6.45, 7) is 3.50. The van der Waals surface area contributed by atoms with Crippen molar-refractivity contribution >= 4 is 34.6 Å². The molecule has 3 amide bonds. The number of Topliss-reactive ketones (excluding diaryl/α,β-unsaturated/α-hetero) is 1. The fourth-order valence-corrected chi connectivity index (χ4v) is 4.78. The number of aromatic nitrogens is 1. The van der Waals surface area contributed by atoms with Crippen molar-refractivity contribution in [1.29, 1.82) is 0 Å². The molecule has 0 unspecified atom stereocenters. The summed E-state index contributed by atoms with van der Waals surface area (Å²) >= 11 is 0. The van der Waals surface area contributed by atoms with Gasteiger partial charge in [0, 0.05) is 23.5 Å². The first-order valence-corrected chi connectivity index (χ1v) is 14.1. The van der Waals surface area contributed by atoms with E-state index in [0.29, 0.717) is 5.56 Å². The number of carbonyl (C=O) groups excluding carboxylic acids is 4. The van der Waals surface area contributed by atoms with Crippen LogP contribution in [0.5, 0.6) is 0 Å². The van der Waals surface area contributed by atoms with Gasteiger partial charge in [-0.15, -0.1) is 0 Å². The average molecular weight is 583 g/mol. The second-order valence-electron chi connectivity index (χ2n) is 10.8. The first-order valence-electron chi connectivity index (χ1n) is 14.1. The highest BCUT2D eigenvalue weighted by atomic mass is 16.6. The minimum absolute atomic E-state index is 0.0458. The van der Waals surface area contributed by atoms with Crippen LogP contribution in [0.3, 0.4) is 0 Å². The van der Waals surface area contributed by atoms with E-state index in [1.54, 1.807) is 37.4 Å². The van der Waals surface area contributed by atoms with Crippen molar-refractivity contribution < 1.29 is 28.7 Å². The Morgan fingerprint density at radius 1 is 0.884 bits per heavy atom. The number of carbonyl (C=O) groups is 4. The van der Waals surface area contributed by atoms with Gasteiger partial charge in [0.25, 0.3) is 0 Å². The number of hydrogen-bond donors (Lipinski definition) is 4. The third-order valence-electron chi connectivity index (χ3n) is 7.45. The zero-order chi connectivity index (χ0) is 30.4. The average Bonchev–Trinajstić information content (AvgIpc) is 3.66. The van der Waals surface area contributed by atoms with Gasteiger partial charge in [0.1, 0.15) is 30.3 Å². The van der Waals surface area contributed by atoms with Crippen molar-refractivity contribution in [3.05, 3.63) is 108 Å². The van der Waals surface area contributed by atoms with Crippen LogP contribution in [0.1, 0.15) is 36.6 Å². The molecular formula is C33H34N4O6. The molecule has 0 spiro atoms. The predicted molar refractivity (Wildman–Crippen MR) is 160 cm³/mol. The molecule has 4 atom stereocenters. The predicted octanol–water partition coefficient (Wildman–Crippen LogP) is 3.73. The molecule has 0 bridgehead atoms. The van der Waals surface area contributed by atoms with Crippen molar-refractivity contribution in [1.82, 2.24) is 20.9 Å². The van der Waals surface area contributed by atoms with Crippen LogP contribution in [0.15, 0.2) is 91.1 Å². The summed E-state index contributed by atoms with van der Waals surface area (Å²) in [5.41, 5.74) is 2.11. The second kappa shape index (κ2) is 12.9. The number of para-hydroxylation sites is 1. The van der Waals surface area contributed by atoms with Crippen molar-refractivity contribution in [3.8, 4) is 0 Å². The number of hydrogen-bond acceptors (Lipinski definition) is 6. The van der Waals surface area contributed by atoms with Crippen molar-refractivity contribution in [2.45, 2.75) is 50.6 Å². The Hall–Kier alpha value is -4.96. The van der Waals surface area contributed by atoms with Crippen LogP contribution in [0.25, 0.3) is 10.9 Å². The number of benzene rings is 3. The number of nitrogens with one attached hydrogen (secondary N) is 4. The Balaban J connectivity index is 1.32. The van der Waals surface area contributed by atoms with Crippen molar-refractivity contribution in [2.75, 3.05) is 6.61 Å². The Morgan fingerprint density at radius 3 is 2.23 bits per heavy atom. The lowest BCUT2D eigenvalue weighted by atomic mass is 9.94. The van der Waals surface area contributed by atoms with Crippen LogP contribution in [0.2, 0.25) is 0 Å². The Labute approximate surface area is 249 Å². The van der Waals surface area contributed by atoms with E-state index in [-0.39, 0.29) is 25.4 Å². The number of rotatable bonds is 12. The largest absolute Gasteiger partial charge is 0.445 e. The van der Waals surface area contributed by atoms with E-state index in [2.05, 4.69) is 20.9 Å². The molecule has 10 heteroatoms. The number of alkyl carbamates (subject to hydrolysis) is 1. The summed E-state index contributed by atoms with van der Waals surface area (Å²) in [5, 5.41) is 9.05. The zero-order valence-corrected chi connectivity index (χ0v) is 24.0. The lowest BCUT2D eigenvalue weighted by Crippen LogP contribution is -2.55. The summed E-state index contributed by atoms with van der Waals surface area (Å²) in [4.78, 5) is 56.1. The molecule has 0 aliphatic carbocycles. The van der Waals surface area contributed by atoms with E-state index in [0.717, 1.165) is 22.0 Å². The topological polar surface area (TPSA) is 142 Å². The molecule has 0 saturated carbocycles. The first-order chi connectivity index (χ1) is 20.7. The highest BCUT2D eigenvalue weighted by Crippen LogP contribution is 2.33. The molecule has 43 heavy (non-hydrogen) atoms. The third-order valence-corrected chi connectivity index (χ3v) is 7.45. The number of epoxide rings is 1. The molecule has 0 radical (unpaired) electrons. The lowest BCUT2D eigenvalue weighted by molar-refractivity contribution is -0.133. The molecule has 2 heterocycles. The number of ether oxygens (including phenoxy) is 2. The molecule has 222 valence electrons. The van der Waals surface area contributed by atoms with Gasteiger partial charge < -0.3 is 30.4 Å². The molecule has 4 aromatic rings. The first kappa shape index (κ1) is 29.5. The van der Waals surface area contributed by atoms with Crippen LogP contribution >= 0.6 is 0 Å². The van der Waals surface area contributed by atoms with Crippen LogP contribution in [0, 0.1) is 0 Å². The Kier molecular flexibility index (Phi) is 8.87. The Bertz CT molecular complexity index is 1600. The van der Waals surface area contributed by atoms with E-state index in [1.807, 2.05) is 60.7 Å². The van der Waals surface area contributed by atoms with E-state index < -0.39 is 41.6 Å². The number of aromatic amines is 1. The maximum atomic E-state index is 13.8. The van der Waals surface area contributed by atoms with Crippen LogP contribution in [0.4, 0.5) is 4.79 Å². The molecule has 1 aliphatic heterocycles. The van der Waals surface area contributed by atoms with Gasteiger partial charge in [-0.2, -0.15) is 0 Å². The summed E-state index contributed by atoms with van der Waals surface area (Å²) < 4.78 is 10.6. The number of ketones is 1. The van der Waals surface area contributed by atoms with Gasteiger partial charge in [-0.3, -0.25) is 14.4 Å². The van der Waals surface area contributed by atoms with E-state index in [1.165, 1.54) is 6.92 Å². The molecule has 1 aromatic heterocycles. The van der Waals surface area contributed by atoms with Crippen LogP contribution in [-0.2, 0) is 36.9 Å². The summed E-state index contributed by atoms with van der Waals surface area (Å²) in [6.07, 6.45) is 1.16. The van der Waals surface area contributed by atoms with Gasteiger partial charge in [-0.25, -0.2) is 4.79 Å². The second-order valence-corrected chi connectivity index (χ2v) is 10.8. The number of amides is 3. The fourth-order valence-electron chi connectivity index (χ4n) is 4.78. The molecule has 4 N–H and O–H groups in total. The summed E-state index contributed by atoms with van der Waals surface area (Å²) in [6, 6.07) is 22.6. The molecular weight excluding hydrogens is 548 g/mol. The minimum Gasteiger partial charge on any atom is -0.445 e. The molecule has 1 fully saturated rings. The van der Waals surface area contributed by atoms with Gasteiger partial charge in [0.05, 0.1) is 6.61 Å². The van der Waals surface area contributed by atoms with Crippen LogP contribution < -0.4 is 16.0 Å². The van der Waals surface area contributed by atoms with E-state index >= 15 is 0 Å². The van der Waals surface area contributed by atoms with Crippen LogP contribution in [-0.4, -0.2) is 53.0 Å². The summed E-state index contributed by atoms with van der Waals surface area (Å²) in [7, 11) is 0. The lowest BCUT2D eigenvalue weighted by Gasteiger charge is -2.25. The normalized spacial score (nSPS) is 17.7. The van der Waals surface area contributed by atoms with Gasteiger partial charge >= 0.3 is 6.09 Å².